The number of ketones is 1. The van der Waals surface area contributed by atoms with Crippen molar-refractivity contribution in [2.24, 2.45) is 0 Å². The van der Waals surface area contributed by atoms with E-state index >= 15 is 0 Å². The van der Waals surface area contributed by atoms with Gasteiger partial charge in [-0.1, -0.05) is 29.8 Å². The summed E-state index contributed by atoms with van der Waals surface area (Å²) in [6.45, 7) is 1.51. The second kappa shape index (κ2) is 7.66. The molecule has 1 aromatic heterocycles. The number of hydrogen-bond donors (Lipinski definition) is 1. The molecule has 1 N–H and O–H groups in total. The Morgan fingerprint density at radius 1 is 1.07 bits per heavy atom. The number of urea groups is 1. The molecule has 0 spiro atoms. The van der Waals surface area contributed by atoms with Crippen molar-refractivity contribution < 1.29 is 19.2 Å². The van der Waals surface area contributed by atoms with Gasteiger partial charge in [0.05, 0.1) is 6.54 Å². The minimum absolute atomic E-state index is 0.173. The summed E-state index contributed by atoms with van der Waals surface area (Å²) in [4.78, 5) is 55.1. The predicted molar refractivity (Wildman–Crippen MR) is 107 cm³/mol. The fourth-order valence-corrected chi connectivity index (χ4v) is 4.13. The van der Waals surface area contributed by atoms with Crippen LogP contribution in [0.2, 0.25) is 0 Å². The molecule has 150 valence electrons. The summed E-state index contributed by atoms with van der Waals surface area (Å²) in [6, 6.07) is 6.65. The third kappa shape index (κ3) is 3.48. The number of benzene rings is 1. The summed E-state index contributed by atoms with van der Waals surface area (Å²) in [5, 5.41) is 0.738. The number of para-hydroxylation sites is 1. The standard InChI is InChI=1S/C22H23N3O4/c1-14-19(16-9-5-6-10-17(16)23-14)18(26)13-25-21(28)20(27)24(22(25)29)12-11-15-7-3-2-4-8-15/h5-7,9-10,23H,2-4,8,11-13H2,1H3. The second-order valence-corrected chi connectivity index (χ2v) is 7.58. The summed E-state index contributed by atoms with van der Waals surface area (Å²) in [5.74, 6) is -2.15. The van der Waals surface area contributed by atoms with Gasteiger partial charge < -0.3 is 4.98 Å². The van der Waals surface area contributed by atoms with Crippen molar-refractivity contribution >= 4 is 34.5 Å². The molecule has 0 atom stereocenters. The van der Waals surface area contributed by atoms with E-state index in [2.05, 4.69) is 11.1 Å². The molecule has 1 fully saturated rings. The van der Waals surface area contributed by atoms with Crippen LogP contribution in [0.1, 0.15) is 48.2 Å². The van der Waals surface area contributed by atoms with Gasteiger partial charge in [-0.25, -0.2) is 9.69 Å². The highest BCUT2D eigenvalue weighted by Gasteiger charge is 2.45. The number of nitrogens with one attached hydrogen (secondary N) is 1. The van der Waals surface area contributed by atoms with Crippen LogP contribution in [0.4, 0.5) is 4.79 Å². The Balaban J connectivity index is 1.49. The van der Waals surface area contributed by atoms with E-state index < -0.39 is 24.4 Å². The van der Waals surface area contributed by atoms with Gasteiger partial charge in [0.2, 0.25) is 0 Å². The van der Waals surface area contributed by atoms with Gasteiger partial charge in [0.1, 0.15) is 0 Å². The lowest BCUT2D eigenvalue weighted by Gasteiger charge is -2.17. The Hall–Kier alpha value is -3.22. The van der Waals surface area contributed by atoms with Crippen LogP contribution in [-0.2, 0) is 9.59 Å². The molecule has 7 nitrogen and oxygen atoms in total. The first-order valence-corrected chi connectivity index (χ1v) is 9.93. The third-order valence-electron chi connectivity index (χ3n) is 5.65. The van der Waals surface area contributed by atoms with E-state index in [1.165, 1.54) is 5.57 Å². The summed E-state index contributed by atoms with van der Waals surface area (Å²) in [6.07, 6.45) is 6.97. The number of carbonyl (C=O) groups excluding carboxylic acids is 4. The van der Waals surface area contributed by atoms with Crippen LogP contribution in [-0.4, -0.2) is 51.5 Å². The highest BCUT2D eigenvalue weighted by Crippen LogP contribution is 2.25. The van der Waals surface area contributed by atoms with E-state index in [0.717, 1.165) is 46.4 Å². The molecule has 2 aromatic rings. The van der Waals surface area contributed by atoms with Crippen LogP contribution in [0.5, 0.6) is 0 Å². The molecule has 0 radical (unpaired) electrons. The van der Waals surface area contributed by atoms with E-state index in [-0.39, 0.29) is 12.3 Å². The van der Waals surface area contributed by atoms with Crippen LogP contribution in [0, 0.1) is 6.92 Å². The number of Topliss-reactive ketones (excluding diaryl/α,β-unsaturated/α-hetero) is 1. The van der Waals surface area contributed by atoms with Gasteiger partial charge in [0.15, 0.2) is 5.78 Å². The Labute approximate surface area is 168 Å². The number of aromatic nitrogens is 1. The Kier molecular flexibility index (Phi) is 5.05. The summed E-state index contributed by atoms with van der Waals surface area (Å²) in [5.41, 5.74) is 3.14. The zero-order chi connectivity index (χ0) is 20.5. The van der Waals surface area contributed by atoms with Crippen molar-refractivity contribution in [2.45, 2.75) is 39.0 Å². The molecule has 1 aromatic carbocycles. The maximum Gasteiger partial charge on any atom is 0.334 e. The minimum atomic E-state index is -0.932. The highest BCUT2D eigenvalue weighted by molar-refractivity contribution is 6.45. The van der Waals surface area contributed by atoms with Gasteiger partial charge in [-0.15, -0.1) is 0 Å². The van der Waals surface area contributed by atoms with E-state index in [1.54, 1.807) is 6.92 Å². The molecule has 1 saturated heterocycles. The Bertz CT molecular complexity index is 1050. The van der Waals surface area contributed by atoms with Gasteiger partial charge in [0, 0.05) is 28.7 Å². The molecule has 0 unspecified atom stereocenters. The normalized spacial score (nSPS) is 17.4. The van der Waals surface area contributed by atoms with Crippen molar-refractivity contribution in [3.63, 3.8) is 0 Å². The van der Waals surface area contributed by atoms with Crippen molar-refractivity contribution in [3.05, 3.63) is 47.2 Å². The minimum Gasteiger partial charge on any atom is -0.358 e. The Morgan fingerprint density at radius 2 is 1.83 bits per heavy atom. The smallest absolute Gasteiger partial charge is 0.334 e. The van der Waals surface area contributed by atoms with Gasteiger partial charge in [-0.05, 0) is 45.1 Å². The number of amides is 4. The molecule has 2 heterocycles. The van der Waals surface area contributed by atoms with Gasteiger partial charge in [-0.3, -0.25) is 19.3 Å². The lowest BCUT2D eigenvalue weighted by Crippen LogP contribution is -2.37. The van der Waals surface area contributed by atoms with Crippen molar-refractivity contribution in [1.82, 2.24) is 14.8 Å². The molecular formula is C22H23N3O4. The second-order valence-electron chi connectivity index (χ2n) is 7.58. The lowest BCUT2D eigenvalue weighted by atomic mass is 9.97. The first kappa shape index (κ1) is 19.1. The Morgan fingerprint density at radius 3 is 2.59 bits per heavy atom. The number of aryl methyl sites for hydroxylation is 1. The van der Waals surface area contributed by atoms with E-state index in [0.29, 0.717) is 17.7 Å². The van der Waals surface area contributed by atoms with E-state index in [4.69, 9.17) is 0 Å². The average molecular weight is 393 g/mol. The van der Waals surface area contributed by atoms with E-state index in [9.17, 15) is 19.2 Å². The van der Waals surface area contributed by atoms with Crippen LogP contribution in [0.3, 0.4) is 0 Å². The monoisotopic (exact) mass is 393 g/mol. The first-order chi connectivity index (χ1) is 14.0. The number of fused-ring (bicyclic) bond motifs is 1. The van der Waals surface area contributed by atoms with Crippen LogP contribution >= 0.6 is 0 Å². The fourth-order valence-electron chi connectivity index (χ4n) is 4.13. The van der Waals surface area contributed by atoms with Crippen LogP contribution < -0.4 is 0 Å². The summed E-state index contributed by atoms with van der Waals surface area (Å²) >= 11 is 0. The predicted octanol–water partition coefficient (Wildman–Crippen LogP) is 3.34. The van der Waals surface area contributed by atoms with E-state index in [1.807, 2.05) is 24.3 Å². The average Bonchev–Trinajstić information content (AvgIpc) is 3.16. The number of imide groups is 2. The SMILES string of the molecule is Cc1[nH]c2ccccc2c1C(=O)CN1C(=O)C(=O)N(CCC2=CCCCC2)C1=O. The first-order valence-electron chi connectivity index (χ1n) is 9.93. The maximum atomic E-state index is 12.9. The fraction of sp³-hybridized carbons (Fsp3) is 0.364. The van der Waals surface area contributed by atoms with Crippen molar-refractivity contribution in [1.29, 1.82) is 0 Å². The van der Waals surface area contributed by atoms with Gasteiger partial charge in [0.25, 0.3) is 0 Å². The molecule has 0 saturated carbocycles. The number of rotatable bonds is 6. The lowest BCUT2D eigenvalue weighted by molar-refractivity contribution is -0.143. The largest absolute Gasteiger partial charge is 0.358 e. The number of H-pyrrole nitrogens is 1. The number of allylic oxidation sites excluding steroid dienone is 1. The van der Waals surface area contributed by atoms with Crippen LogP contribution in [0.15, 0.2) is 35.9 Å². The molecule has 1 aliphatic heterocycles. The third-order valence-corrected chi connectivity index (χ3v) is 5.65. The van der Waals surface area contributed by atoms with Gasteiger partial charge in [-0.2, -0.15) is 0 Å². The molecule has 1 aliphatic carbocycles. The van der Waals surface area contributed by atoms with Crippen molar-refractivity contribution in [3.8, 4) is 0 Å². The molecule has 7 heteroatoms. The highest BCUT2D eigenvalue weighted by atomic mass is 16.2. The molecule has 29 heavy (non-hydrogen) atoms. The molecule has 0 bridgehead atoms. The van der Waals surface area contributed by atoms with Crippen LogP contribution in [0.25, 0.3) is 10.9 Å². The molecule has 4 rings (SSSR count). The quantitative estimate of drug-likeness (QED) is 0.353. The molecule has 4 amide bonds. The molecule has 2 aliphatic rings. The number of nitrogens with zero attached hydrogens (tertiary/aromatic N) is 2. The summed E-state index contributed by atoms with van der Waals surface area (Å²) < 4.78 is 0. The number of hydrogen-bond acceptors (Lipinski definition) is 4. The number of carbonyl (C=O) groups is 4. The maximum absolute atomic E-state index is 12.9. The van der Waals surface area contributed by atoms with Gasteiger partial charge >= 0.3 is 17.8 Å². The zero-order valence-corrected chi connectivity index (χ0v) is 16.4. The summed E-state index contributed by atoms with van der Waals surface area (Å²) in [7, 11) is 0. The topological polar surface area (TPSA) is 90.6 Å². The zero-order valence-electron chi connectivity index (χ0n) is 16.4. The number of aromatic amines is 1. The van der Waals surface area contributed by atoms with Crippen molar-refractivity contribution in [2.75, 3.05) is 13.1 Å². The molecular weight excluding hydrogens is 370 g/mol.